The van der Waals surface area contributed by atoms with E-state index in [0.717, 1.165) is 10.9 Å². The molecule has 2 aromatic heterocycles. The van der Waals surface area contributed by atoms with E-state index in [-0.39, 0.29) is 55.5 Å². The molecular formula is C41H52N6O6S. The Morgan fingerprint density at radius 2 is 1.61 bits per heavy atom. The number of carbonyl (C=O) groups excluding carboxylic acids is 3. The molecule has 1 saturated heterocycles. The average molecular weight is 757 g/mol. The number of pyridine rings is 2. The molecule has 13 heteroatoms. The Balaban J connectivity index is 1.37. The first kappa shape index (κ1) is 40.5. The third-order valence-corrected chi connectivity index (χ3v) is 11.7. The molecule has 54 heavy (non-hydrogen) atoms. The lowest BCUT2D eigenvalue weighted by Crippen LogP contribution is -2.60. The van der Waals surface area contributed by atoms with Gasteiger partial charge in [-0.3, -0.25) is 19.3 Å². The smallest absolute Gasteiger partial charge is 0.273 e. The van der Waals surface area contributed by atoms with E-state index in [4.69, 9.17) is 0 Å². The van der Waals surface area contributed by atoms with Crippen molar-refractivity contribution in [2.24, 2.45) is 0 Å². The minimum Gasteiger partial charge on any atom is -0.390 e. The third kappa shape index (κ3) is 10.3. The predicted octanol–water partition coefficient (Wildman–Crippen LogP) is 4.18. The SMILES string of the molecule is CC(C)(C)NC(=O)C1C[C@H](S(=O)(=O)c2ccccn2)CCN1C[C@@H](O)[C@H](Cc1ccccc1)NC(=O)CN(C(=O)c1ccc2ccccc2n1)C(C)(C)C. The van der Waals surface area contributed by atoms with Crippen molar-refractivity contribution >= 4 is 38.5 Å². The van der Waals surface area contributed by atoms with Gasteiger partial charge in [-0.05, 0) is 90.6 Å². The summed E-state index contributed by atoms with van der Waals surface area (Å²) in [5.74, 6) is -1.22. The first-order valence-electron chi connectivity index (χ1n) is 18.3. The monoisotopic (exact) mass is 756 g/mol. The molecule has 0 bridgehead atoms. The van der Waals surface area contributed by atoms with Gasteiger partial charge in [-0.2, -0.15) is 0 Å². The van der Waals surface area contributed by atoms with Crippen LogP contribution in [-0.4, -0.2) is 105 Å². The van der Waals surface area contributed by atoms with Crippen LogP contribution in [0.25, 0.3) is 10.9 Å². The van der Waals surface area contributed by atoms with Gasteiger partial charge in [-0.15, -0.1) is 0 Å². The highest BCUT2D eigenvalue weighted by molar-refractivity contribution is 7.92. The number of aliphatic hydroxyl groups is 1. The number of amides is 3. The van der Waals surface area contributed by atoms with Gasteiger partial charge in [0.25, 0.3) is 5.91 Å². The fraction of sp³-hybridized carbons (Fsp3) is 0.439. The maximum atomic E-state index is 13.9. The van der Waals surface area contributed by atoms with Gasteiger partial charge in [0.05, 0.1) is 29.0 Å². The van der Waals surface area contributed by atoms with Gasteiger partial charge >= 0.3 is 0 Å². The van der Waals surface area contributed by atoms with Gasteiger partial charge in [-0.1, -0.05) is 60.7 Å². The fourth-order valence-electron chi connectivity index (χ4n) is 6.75. The quantitative estimate of drug-likeness (QED) is 0.193. The van der Waals surface area contributed by atoms with E-state index in [9.17, 15) is 27.9 Å². The highest BCUT2D eigenvalue weighted by Crippen LogP contribution is 2.28. The molecule has 4 atom stereocenters. The molecule has 1 aliphatic heterocycles. The van der Waals surface area contributed by atoms with Gasteiger partial charge in [0, 0.05) is 35.8 Å². The number of para-hydroxylation sites is 1. The largest absolute Gasteiger partial charge is 0.390 e. The number of hydrogen-bond donors (Lipinski definition) is 3. The Morgan fingerprint density at radius 3 is 2.28 bits per heavy atom. The molecule has 288 valence electrons. The van der Waals surface area contributed by atoms with Crippen LogP contribution in [0.2, 0.25) is 0 Å². The molecular weight excluding hydrogens is 705 g/mol. The van der Waals surface area contributed by atoms with Gasteiger partial charge in [0.15, 0.2) is 14.9 Å². The van der Waals surface area contributed by atoms with E-state index in [0.29, 0.717) is 5.52 Å². The van der Waals surface area contributed by atoms with E-state index in [2.05, 4.69) is 20.6 Å². The molecule has 0 radical (unpaired) electrons. The molecule has 4 aromatic rings. The van der Waals surface area contributed by atoms with E-state index in [1.165, 1.54) is 17.2 Å². The van der Waals surface area contributed by atoms with Crippen LogP contribution in [0.15, 0.2) is 96.2 Å². The van der Waals surface area contributed by atoms with Crippen molar-refractivity contribution in [2.45, 2.75) is 100 Å². The minimum atomic E-state index is -3.83. The van der Waals surface area contributed by atoms with Gasteiger partial charge in [0.2, 0.25) is 11.8 Å². The Bertz CT molecular complexity index is 2030. The lowest BCUT2D eigenvalue weighted by atomic mass is 9.96. The zero-order chi connectivity index (χ0) is 39.3. The normalized spacial score (nSPS) is 18.1. The Labute approximate surface area is 318 Å². The number of aliphatic hydroxyl groups excluding tert-OH is 1. The molecule has 2 aromatic carbocycles. The highest BCUT2D eigenvalue weighted by Gasteiger charge is 2.42. The summed E-state index contributed by atoms with van der Waals surface area (Å²) < 4.78 is 27.2. The summed E-state index contributed by atoms with van der Waals surface area (Å²) >= 11 is 0. The standard InChI is InChI=1S/C41H52N6O6S/c1-40(2,3)45-38(50)34-25-30(54(52,53)37-18-12-13-22-42-37)21-23-46(34)26-35(48)33(24-28-14-8-7-9-15-28)44-36(49)27-47(41(4,5)6)39(51)32-20-19-29-16-10-11-17-31(29)43-32/h7-20,22,30,33-35,48H,21,23-27H2,1-6H3,(H,44,49)(H,45,50)/t30-,33+,34?,35-/m1/s1. The first-order valence-corrected chi connectivity index (χ1v) is 19.9. The number of aromatic nitrogens is 2. The molecule has 3 N–H and O–H groups in total. The third-order valence-electron chi connectivity index (χ3n) is 9.54. The van der Waals surface area contributed by atoms with Crippen LogP contribution in [0.3, 0.4) is 0 Å². The zero-order valence-electron chi connectivity index (χ0n) is 31.9. The lowest BCUT2D eigenvalue weighted by Gasteiger charge is -2.41. The number of β-amino-alcohol motifs (C(OH)–C–C–N with tert-alkyl or cyclic N) is 1. The minimum absolute atomic E-state index is 0.00864. The predicted molar refractivity (Wildman–Crippen MR) is 208 cm³/mol. The Hall–Kier alpha value is -4.72. The lowest BCUT2D eigenvalue weighted by molar-refractivity contribution is -0.130. The van der Waals surface area contributed by atoms with Crippen molar-refractivity contribution in [3.8, 4) is 0 Å². The number of rotatable bonds is 12. The van der Waals surface area contributed by atoms with Crippen molar-refractivity contribution in [1.82, 2.24) is 30.4 Å². The number of likely N-dealkylation sites (tertiary alicyclic amines) is 1. The van der Waals surface area contributed by atoms with Gasteiger partial charge in [0.1, 0.15) is 12.2 Å². The molecule has 3 amide bonds. The van der Waals surface area contributed by atoms with Crippen molar-refractivity contribution in [3.63, 3.8) is 0 Å². The second kappa shape index (κ2) is 16.7. The number of nitrogens with one attached hydrogen (secondary N) is 2. The number of carbonyl (C=O) groups is 3. The van der Waals surface area contributed by atoms with Crippen LogP contribution in [0.1, 0.15) is 70.4 Å². The van der Waals surface area contributed by atoms with E-state index in [1.54, 1.807) is 23.1 Å². The summed E-state index contributed by atoms with van der Waals surface area (Å²) in [5.41, 5.74) is 0.415. The van der Waals surface area contributed by atoms with Crippen molar-refractivity contribution in [1.29, 1.82) is 0 Å². The van der Waals surface area contributed by atoms with Gasteiger partial charge < -0.3 is 20.6 Å². The highest BCUT2D eigenvalue weighted by atomic mass is 32.2. The summed E-state index contributed by atoms with van der Waals surface area (Å²) in [4.78, 5) is 53.4. The Morgan fingerprint density at radius 1 is 0.926 bits per heavy atom. The van der Waals surface area contributed by atoms with Gasteiger partial charge in [-0.25, -0.2) is 18.4 Å². The summed E-state index contributed by atoms with van der Waals surface area (Å²) in [5, 5.41) is 17.9. The maximum absolute atomic E-state index is 13.9. The second-order valence-electron chi connectivity index (χ2n) is 16.0. The van der Waals surface area contributed by atoms with Crippen LogP contribution in [0, 0.1) is 0 Å². The Kier molecular flexibility index (Phi) is 12.5. The molecule has 12 nitrogen and oxygen atoms in total. The van der Waals surface area contributed by atoms with Crippen molar-refractivity contribution in [3.05, 3.63) is 102 Å². The molecule has 0 aliphatic carbocycles. The van der Waals surface area contributed by atoms with Crippen molar-refractivity contribution in [2.75, 3.05) is 19.6 Å². The number of hydrogen-bond acceptors (Lipinski definition) is 9. The number of sulfone groups is 1. The molecule has 5 rings (SSSR count). The maximum Gasteiger partial charge on any atom is 0.273 e. The van der Waals surface area contributed by atoms with E-state index < -0.39 is 56.2 Å². The van der Waals surface area contributed by atoms with Crippen LogP contribution >= 0.6 is 0 Å². The average Bonchev–Trinajstić information content (AvgIpc) is 3.12. The van der Waals surface area contributed by atoms with E-state index >= 15 is 0 Å². The summed E-state index contributed by atoms with van der Waals surface area (Å²) in [6.07, 6.45) is 0.775. The zero-order valence-corrected chi connectivity index (χ0v) is 32.7. The number of nitrogens with zero attached hydrogens (tertiary/aromatic N) is 4. The number of fused-ring (bicyclic) bond motifs is 1. The summed E-state index contributed by atoms with van der Waals surface area (Å²) in [6, 6.07) is 23.4. The summed E-state index contributed by atoms with van der Waals surface area (Å²) in [6.45, 7) is 11.0. The topological polar surface area (TPSA) is 162 Å². The van der Waals surface area contributed by atoms with Crippen LogP contribution < -0.4 is 10.6 Å². The summed E-state index contributed by atoms with van der Waals surface area (Å²) in [7, 11) is -3.83. The first-order chi connectivity index (χ1) is 25.4. The molecule has 1 unspecified atom stereocenters. The fourth-order valence-corrected chi connectivity index (χ4v) is 8.41. The van der Waals surface area contributed by atoms with E-state index in [1.807, 2.05) is 102 Å². The second-order valence-corrected chi connectivity index (χ2v) is 18.2. The molecule has 1 aliphatic rings. The number of piperidine rings is 1. The number of benzene rings is 2. The van der Waals surface area contributed by atoms with Crippen LogP contribution in [0.5, 0.6) is 0 Å². The van der Waals surface area contributed by atoms with Crippen molar-refractivity contribution < 1.29 is 27.9 Å². The van der Waals surface area contributed by atoms with Crippen LogP contribution in [-0.2, 0) is 25.8 Å². The molecule has 1 fully saturated rings. The molecule has 3 heterocycles. The molecule has 0 spiro atoms. The molecule has 0 saturated carbocycles. The van der Waals surface area contributed by atoms with Crippen LogP contribution in [0.4, 0.5) is 0 Å².